The highest BCUT2D eigenvalue weighted by atomic mass is 16.2. The van der Waals surface area contributed by atoms with E-state index in [1.54, 1.807) is 0 Å². The average molecular weight is 127 g/mol. The summed E-state index contributed by atoms with van der Waals surface area (Å²) in [6.45, 7) is 4.11. The molecule has 1 rings (SSSR count). The molecule has 9 heavy (non-hydrogen) atoms. The van der Waals surface area contributed by atoms with E-state index in [0.29, 0.717) is 12.0 Å². The second-order valence-electron chi connectivity index (χ2n) is 2.75. The standard InChI is InChI=1S/C7H13NO/c1-3-6-4-5(2)8-7(6)9/h5-6H,3-4H2,1-2H3,(H,8,9). The maximum atomic E-state index is 10.9. The van der Waals surface area contributed by atoms with Gasteiger partial charge in [-0.25, -0.2) is 0 Å². The fourth-order valence-electron chi connectivity index (χ4n) is 1.31. The van der Waals surface area contributed by atoms with Crippen molar-refractivity contribution in [1.82, 2.24) is 5.32 Å². The van der Waals surface area contributed by atoms with E-state index < -0.39 is 0 Å². The summed E-state index contributed by atoms with van der Waals surface area (Å²) in [7, 11) is 0. The molecule has 52 valence electrons. The molecule has 0 aromatic rings. The first-order valence-corrected chi connectivity index (χ1v) is 3.54. The summed E-state index contributed by atoms with van der Waals surface area (Å²) in [5, 5.41) is 2.88. The molecule has 1 amide bonds. The van der Waals surface area contributed by atoms with Crippen molar-refractivity contribution < 1.29 is 4.79 Å². The molecule has 1 aliphatic heterocycles. The van der Waals surface area contributed by atoms with Crippen LogP contribution in [0.1, 0.15) is 26.7 Å². The van der Waals surface area contributed by atoms with Gasteiger partial charge in [-0.2, -0.15) is 0 Å². The molecular formula is C7H13NO. The van der Waals surface area contributed by atoms with Crippen LogP contribution in [0.5, 0.6) is 0 Å². The van der Waals surface area contributed by atoms with Crippen molar-refractivity contribution in [3.05, 3.63) is 0 Å². The number of hydrogen-bond acceptors (Lipinski definition) is 1. The van der Waals surface area contributed by atoms with Crippen molar-refractivity contribution >= 4 is 5.91 Å². The van der Waals surface area contributed by atoms with Crippen LogP contribution in [0, 0.1) is 5.92 Å². The van der Waals surface area contributed by atoms with Crippen LogP contribution in [0.15, 0.2) is 0 Å². The van der Waals surface area contributed by atoms with Gasteiger partial charge in [-0.3, -0.25) is 4.79 Å². The molecule has 2 nitrogen and oxygen atoms in total. The van der Waals surface area contributed by atoms with E-state index in [1.807, 2.05) is 6.92 Å². The quantitative estimate of drug-likeness (QED) is 0.557. The van der Waals surface area contributed by atoms with Gasteiger partial charge in [0, 0.05) is 12.0 Å². The molecule has 1 aliphatic rings. The second kappa shape index (κ2) is 2.38. The smallest absolute Gasteiger partial charge is 0.223 e. The van der Waals surface area contributed by atoms with Gasteiger partial charge in [-0.1, -0.05) is 6.92 Å². The number of hydrogen-bond donors (Lipinski definition) is 1. The summed E-state index contributed by atoms with van der Waals surface area (Å²) in [4.78, 5) is 10.9. The van der Waals surface area contributed by atoms with Gasteiger partial charge in [0.1, 0.15) is 0 Å². The highest BCUT2D eigenvalue weighted by Crippen LogP contribution is 2.17. The number of nitrogens with one attached hydrogen (secondary N) is 1. The number of carbonyl (C=O) groups excluding carboxylic acids is 1. The Bertz CT molecular complexity index is 122. The molecule has 1 N–H and O–H groups in total. The first-order valence-electron chi connectivity index (χ1n) is 3.54. The van der Waals surface area contributed by atoms with Crippen molar-refractivity contribution in [3.8, 4) is 0 Å². The topological polar surface area (TPSA) is 29.1 Å². The van der Waals surface area contributed by atoms with E-state index in [2.05, 4.69) is 12.2 Å². The Morgan fingerprint density at radius 2 is 2.44 bits per heavy atom. The lowest BCUT2D eigenvalue weighted by atomic mass is 10.0. The Balaban J connectivity index is 2.48. The number of rotatable bonds is 1. The summed E-state index contributed by atoms with van der Waals surface area (Å²) in [5.41, 5.74) is 0. The monoisotopic (exact) mass is 127 g/mol. The Labute approximate surface area is 55.6 Å². The van der Waals surface area contributed by atoms with E-state index in [0.717, 1.165) is 12.8 Å². The lowest BCUT2D eigenvalue weighted by Crippen LogP contribution is -2.23. The highest BCUT2D eigenvalue weighted by Gasteiger charge is 2.26. The molecule has 0 radical (unpaired) electrons. The van der Waals surface area contributed by atoms with Crippen LogP contribution in [0.3, 0.4) is 0 Å². The zero-order chi connectivity index (χ0) is 6.85. The van der Waals surface area contributed by atoms with Gasteiger partial charge in [-0.15, -0.1) is 0 Å². The third-order valence-corrected chi connectivity index (χ3v) is 1.89. The lowest BCUT2D eigenvalue weighted by molar-refractivity contribution is -0.122. The van der Waals surface area contributed by atoms with Gasteiger partial charge in [0.2, 0.25) is 5.91 Å². The average Bonchev–Trinajstić information content (AvgIpc) is 2.10. The van der Waals surface area contributed by atoms with Crippen LogP contribution in [0.4, 0.5) is 0 Å². The fraction of sp³-hybridized carbons (Fsp3) is 0.857. The van der Waals surface area contributed by atoms with Crippen LogP contribution in [-0.2, 0) is 4.79 Å². The Morgan fingerprint density at radius 3 is 2.67 bits per heavy atom. The zero-order valence-electron chi connectivity index (χ0n) is 5.98. The molecule has 2 atom stereocenters. The molecule has 0 aromatic carbocycles. The Morgan fingerprint density at radius 1 is 1.78 bits per heavy atom. The summed E-state index contributed by atoms with van der Waals surface area (Å²) in [6.07, 6.45) is 2.01. The minimum Gasteiger partial charge on any atom is -0.353 e. The van der Waals surface area contributed by atoms with Crippen molar-refractivity contribution in [2.45, 2.75) is 32.7 Å². The van der Waals surface area contributed by atoms with Crippen LogP contribution >= 0.6 is 0 Å². The predicted molar refractivity (Wildman–Crippen MR) is 36.0 cm³/mol. The molecule has 0 bridgehead atoms. The van der Waals surface area contributed by atoms with Gasteiger partial charge in [0.15, 0.2) is 0 Å². The van der Waals surface area contributed by atoms with Crippen LogP contribution < -0.4 is 5.32 Å². The van der Waals surface area contributed by atoms with Crippen molar-refractivity contribution in [3.63, 3.8) is 0 Å². The van der Waals surface area contributed by atoms with Gasteiger partial charge < -0.3 is 5.32 Å². The molecule has 0 saturated carbocycles. The zero-order valence-corrected chi connectivity index (χ0v) is 5.98. The van der Waals surface area contributed by atoms with E-state index in [4.69, 9.17) is 0 Å². The lowest BCUT2D eigenvalue weighted by Gasteiger charge is -1.97. The molecule has 1 heterocycles. The van der Waals surface area contributed by atoms with Gasteiger partial charge in [0.05, 0.1) is 0 Å². The number of amides is 1. The SMILES string of the molecule is CCC1CC(C)NC1=O. The minimum absolute atomic E-state index is 0.241. The van der Waals surface area contributed by atoms with Crippen LogP contribution in [0.25, 0.3) is 0 Å². The van der Waals surface area contributed by atoms with E-state index in [9.17, 15) is 4.79 Å². The molecule has 0 spiro atoms. The maximum Gasteiger partial charge on any atom is 0.223 e. The molecule has 1 saturated heterocycles. The summed E-state index contributed by atoms with van der Waals surface area (Å²) < 4.78 is 0. The predicted octanol–water partition coefficient (Wildman–Crippen LogP) is 0.921. The maximum absolute atomic E-state index is 10.9. The van der Waals surface area contributed by atoms with Crippen molar-refractivity contribution in [1.29, 1.82) is 0 Å². The molecule has 0 aromatic heterocycles. The molecule has 2 unspecified atom stereocenters. The van der Waals surface area contributed by atoms with Gasteiger partial charge >= 0.3 is 0 Å². The largest absolute Gasteiger partial charge is 0.353 e. The van der Waals surface area contributed by atoms with Crippen LogP contribution in [0.2, 0.25) is 0 Å². The molecule has 1 fully saturated rings. The third-order valence-electron chi connectivity index (χ3n) is 1.89. The summed E-state index contributed by atoms with van der Waals surface area (Å²) >= 11 is 0. The Kier molecular flexibility index (Phi) is 1.74. The second-order valence-corrected chi connectivity index (χ2v) is 2.75. The highest BCUT2D eigenvalue weighted by molar-refractivity contribution is 5.81. The van der Waals surface area contributed by atoms with Crippen molar-refractivity contribution in [2.24, 2.45) is 5.92 Å². The van der Waals surface area contributed by atoms with Gasteiger partial charge in [-0.05, 0) is 19.8 Å². The first kappa shape index (κ1) is 6.59. The van der Waals surface area contributed by atoms with E-state index in [1.165, 1.54) is 0 Å². The summed E-state index contributed by atoms with van der Waals surface area (Å²) in [5.74, 6) is 0.532. The van der Waals surface area contributed by atoms with E-state index >= 15 is 0 Å². The van der Waals surface area contributed by atoms with Crippen molar-refractivity contribution in [2.75, 3.05) is 0 Å². The molecule has 0 aliphatic carbocycles. The van der Waals surface area contributed by atoms with Crippen LogP contribution in [-0.4, -0.2) is 11.9 Å². The van der Waals surface area contributed by atoms with Gasteiger partial charge in [0.25, 0.3) is 0 Å². The normalized spacial score (nSPS) is 34.7. The first-order chi connectivity index (χ1) is 4.24. The summed E-state index contributed by atoms with van der Waals surface area (Å²) in [6, 6.07) is 0.405. The number of carbonyl (C=O) groups is 1. The third kappa shape index (κ3) is 1.23. The molecule has 2 heteroatoms. The van der Waals surface area contributed by atoms with E-state index in [-0.39, 0.29) is 5.91 Å². The minimum atomic E-state index is 0.241. The molecular weight excluding hydrogens is 114 g/mol. The Hall–Kier alpha value is -0.530. The fourth-order valence-corrected chi connectivity index (χ4v) is 1.31.